The van der Waals surface area contributed by atoms with E-state index >= 15 is 0 Å². The summed E-state index contributed by atoms with van der Waals surface area (Å²) in [5, 5.41) is 3.97. The Morgan fingerprint density at radius 3 is 3.05 bits per heavy atom. The molecule has 0 N–H and O–H groups in total. The lowest BCUT2D eigenvalue weighted by Gasteiger charge is -2.32. The van der Waals surface area contributed by atoms with Crippen LogP contribution in [-0.2, 0) is 20.9 Å². The van der Waals surface area contributed by atoms with Crippen molar-refractivity contribution < 1.29 is 18.8 Å². The minimum Gasteiger partial charge on any atom is -0.372 e. The van der Waals surface area contributed by atoms with Crippen LogP contribution in [0.1, 0.15) is 50.2 Å². The summed E-state index contributed by atoms with van der Waals surface area (Å²) >= 11 is 0. The summed E-state index contributed by atoms with van der Waals surface area (Å²) in [6.45, 7) is 4.29. The number of rotatable bonds is 7. The summed E-state index contributed by atoms with van der Waals surface area (Å²) in [5.74, 6) is 1.85. The number of carbonyl (C=O) groups is 1. The van der Waals surface area contributed by atoms with Crippen molar-refractivity contribution >= 4 is 5.91 Å². The van der Waals surface area contributed by atoms with Gasteiger partial charge in [0.1, 0.15) is 13.2 Å². The van der Waals surface area contributed by atoms with Crippen molar-refractivity contribution in [1.29, 1.82) is 0 Å². The average Bonchev–Trinajstić information content (AvgIpc) is 3.29. The molecule has 1 aliphatic carbocycles. The minimum atomic E-state index is 0.0237. The lowest BCUT2D eigenvalue weighted by molar-refractivity contribution is -0.140. The molecule has 0 bridgehead atoms. The van der Waals surface area contributed by atoms with E-state index in [1.165, 1.54) is 0 Å². The first kappa shape index (κ1) is 15.4. The molecule has 2 heterocycles. The zero-order chi connectivity index (χ0) is 15.4. The van der Waals surface area contributed by atoms with Gasteiger partial charge in [-0.15, -0.1) is 0 Å². The zero-order valence-corrected chi connectivity index (χ0v) is 13.0. The normalized spacial score (nSPS) is 22.0. The van der Waals surface area contributed by atoms with Crippen LogP contribution in [0.3, 0.4) is 0 Å². The van der Waals surface area contributed by atoms with E-state index in [-0.39, 0.29) is 18.6 Å². The third kappa shape index (κ3) is 4.04. The lowest BCUT2D eigenvalue weighted by Crippen LogP contribution is -2.44. The van der Waals surface area contributed by atoms with Gasteiger partial charge in [0.15, 0.2) is 5.82 Å². The van der Waals surface area contributed by atoms with Crippen molar-refractivity contribution in [1.82, 2.24) is 15.0 Å². The highest BCUT2D eigenvalue weighted by molar-refractivity contribution is 5.77. The Hall–Kier alpha value is -1.47. The fourth-order valence-corrected chi connectivity index (χ4v) is 2.60. The van der Waals surface area contributed by atoms with E-state index in [9.17, 15) is 4.79 Å². The summed E-state index contributed by atoms with van der Waals surface area (Å²) in [6, 6.07) is 0. The summed E-state index contributed by atoms with van der Waals surface area (Å²) in [6.07, 6.45) is 4.22. The van der Waals surface area contributed by atoms with Crippen LogP contribution in [0.4, 0.5) is 0 Å². The molecule has 0 radical (unpaired) electrons. The highest BCUT2D eigenvalue weighted by Gasteiger charge is 2.29. The van der Waals surface area contributed by atoms with E-state index in [0.717, 1.165) is 38.1 Å². The van der Waals surface area contributed by atoms with Crippen molar-refractivity contribution in [2.45, 2.75) is 51.2 Å². The summed E-state index contributed by atoms with van der Waals surface area (Å²) in [5.41, 5.74) is 0. The van der Waals surface area contributed by atoms with Gasteiger partial charge >= 0.3 is 0 Å². The molecule has 7 nitrogen and oxygen atoms in total. The second kappa shape index (κ2) is 7.19. The van der Waals surface area contributed by atoms with Gasteiger partial charge in [-0.3, -0.25) is 4.79 Å². The van der Waals surface area contributed by atoms with Crippen LogP contribution in [-0.4, -0.2) is 53.4 Å². The molecule has 1 unspecified atom stereocenters. The van der Waals surface area contributed by atoms with Crippen LogP contribution in [0.15, 0.2) is 4.52 Å². The predicted molar refractivity (Wildman–Crippen MR) is 77.2 cm³/mol. The molecule has 1 amide bonds. The number of likely N-dealkylation sites (tertiary alicyclic amines) is 1. The molecule has 1 aromatic heterocycles. The number of carbonyl (C=O) groups excluding carboxylic acids is 1. The number of piperidine rings is 1. The van der Waals surface area contributed by atoms with E-state index < -0.39 is 0 Å². The Kier molecular flexibility index (Phi) is 5.04. The van der Waals surface area contributed by atoms with E-state index in [1.807, 2.05) is 11.8 Å². The van der Waals surface area contributed by atoms with Crippen molar-refractivity contribution in [3.8, 4) is 0 Å². The van der Waals surface area contributed by atoms with Crippen LogP contribution < -0.4 is 0 Å². The molecule has 1 saturated heterocycles. The standard InChI is InChI=1S/C15H23N3O4/c1-2-20-10-14(19)18-7-3-4-12(8-18)21-9-13-16-15(17-22-13)11-5-6-11/h11-12H,2-10H2,1H3. The number of ether oxygens (including phenoxy) is 2. The van der Waals surface area contributed by atoms with E-state index in [1.54, 1.807) is 0 Å². The summed E-state index contributed by atoms with van der Waals surface area (Å²) in [4.78, 5) is 18.1. The molecule has 3 rings (SSSR count). The third-order valence-electron chi connectivity index (χ3n) is 4.03. The van der Waals surface area contributed by atoms with Gasteiger partial charge in [-0.05, 0) is 32.6 Å². The van der Waals surface area contributed by atoms with Crippen LogP contribution in [0, 0.1) is 0 Å². The maximum Gasteiger partial charge on any atom is 0.252 e. The molecular formula is C15H23N3O4. The van der Waals surface area contributed by atoms with Gasteiger partial charge in [0.2, 0.25) is 5.91 Å². The third-order valence-corrected chi connectivity index (χ3v) is 4.03. The second-order valence-corrected chi connectivity index (χ2v) is 5.87. The second-order valence-electron chi connectivity index (χ2n) is 5.87. The zero-order valence-electron chi connectivity index (χ0n) is 13.0. The van der Waals surface area contributed by atoms with E-state index in [0.29, 0.717) is 31.6 Å². The Bertz CT molecular complexity index is 501. The van der Waals surface area contributed by atoms with E-state index in [4.69, 9.17) is 14.0 Å². The number of hydrogen-bond acceptors (Lipinski definition) is 6. The van der Waals surface area contributed by atoms with Crippen LogP contribution in [0.25, 0.3) is 0 Å². The molecule has 0 spiro atoms. The molecule has 0 aromatic carbocycles. The van der Waals surface area contributed by atoms with Crippen molar-refractivity contribution in [3.05, 3.63) is 11.7 Å². The van der Waals surface area contributed by atoms with Gasteiger partial charge in [0.25, 0.3) is 5.89 Å². The topological polar surface area (TPSA) is 77.7 Å². The maximum atomic E-state index is 12.0. The quantitative estimate of drug-likeness (QED) is 0.759. The number of nitrogens with zero attached hydrogens (tertiary/aromatic N) is 3. The van der Waals surface area contributed by atoms with Gasteiger partial charge in [-0.1, -0.05) is 5.16 Å². The fourth-order valence-electron chi connectivity index (χ4n) is 2.60. The number of aromatic nitrogens is 2. The number of hydrogen-bond donors (Lipinski definition) is 0. The van der Waals surface area contributed by atoms with Gasteiger partial charge < -0.3 is 18.9 Å². The smallest absolute Gasteiger partial charge is 0.252 e. The van der Waals surface area contributed by atoms with Gasteiger partial charge in [-0.25, -0.2) is 0 Å². The van der Waals surface area contributed by atoms with Crippen molar-refractivity contribution in [2.75, 3.05) is 26.3 Å². The fraction of sp³-hybridized carbons (Fsp3) is 0.800. The average molecular weight is 309 g/mol. The first-order valence-corrected chi connectivity index (χ1v) is 8.06. The largest absolute Gasteiger partial charge is 0.372 e. The highest BCUT2D eigenvalue weighted by Crippen LogP contribution is 2.38. The predicted octanol–water partition coefficient (Wildman–Crippen LogP) is 1.49. The molecule has 1 aliphatic heterocycles. The Morgan fingerprint density at radius 2 is 2.27 bits per heavy atom. The highest BCUT2D eigenvalue weighted by atomic mass is 16.5. The molecule has 22 heavy (non-hydrogen) atoms. The monoisotopic (exact) mass is 309 g/mol. The molecular weight excluding hydrogens is 286 g/mol. The molecule has 2 aliphatic rings. The van der Waals surface area contributed by atoms with Crippen LogP contribution >= 0.6 is 0 Å². The van der Waals surface area contributed by atoms with E-state index in [2.05, 4.69) is 10.1 Å². The van der Waals surface area contributed by atoms with Gasteiger partial charge in [0, 0.05) is 25.6 Å². The molecule has 1 atom stereocenters. The molecule has 122 valence electrons. The van der Waals surface area contributed by atoms with Crippen LogP contribution in [0.5, 0.6) is 0 Å². The number of amides is 1. The van der Waals surface area contributed by atoms with Crippen LogP contribution in [0.2, 0.25) is 0 Å². The van der Waals surface area contributed by atoms with Crippen molar-refractivity contribution in [2.24, 2.45) is 0 Å². The van der Waals surface area contributed by atoms with Crippen molar-refractivity contribution in [3.63, 3.8) is 0 Å². The molecule has 7 heteroatoms. The summed E-state index contributed by atoms with van der Waals surface area (Å²) < 4.78 is 16.2. The van der Waals surface area contributed by atoms with Gasteiger partial charge in [0.05, 0.1) is 6.10 Å². The molecule has 1 aromatic rings. The minimum absolute atomic E-state index is 0.0237. The first-order valence-electron chi connectivity index (χ1n) is 8.06. The maximum absolute atomic E-state index is 12.0. The molecule has 1 saturated carbocycles. The SMILES string of the molecule is CCOCC(=O)N1CCCC(OCc2nc(C3CC3)no2)C1. The summed E-state index contributed by atoms with van der Waals surface area (Å²) in [7, 11) is 0. The first-order chi connectivity index (χ1) is 10.8. The Labute approximate surface area is 129 Å². The Morgan fingerprint density at radius 1 is 1.41 bits per heavy atom. The van der Waals surface area contributed by atoms with Gasteiger partial charge in [-0.2, -0.15) is 4.98 Å². The Balaban J connectivity index is 1.44. The molecule has 2 fully saturated rings. The lowest BCUT2D eigenvalue weighted by atomic mass is 10.1.